The van der Waals surface area contributed by atoms with E-state index in [0.29, 0.717) is 17.5 Å². The highest BCUT2D eigenvalue weighted by Crippen LogP contribution is 2.34. The number of benzene rings is 4. The molecule has 1 aliphatic rings. The summed E-state index contributed by atoms with van der Waals surface area (Å²) in [6.07, 6.45) is 4.74. The van der Waals surface area contributed by atoms with Crippen molar-refractivity contribution in [1.82, 2.24) is 10.6 Å². The smallest absolute Gasteiger partial charge is 0.326 e. The van der Waals surface area contributed by atoms with Gasteiger partial charge in [-0.1, -0.05) is 91.3 Å². The molecular weight excluding hydrogens is 484 g/mol. The third kappa shape index (κ3) is 6.55. The minimum atomic E-state index is -1.04. The highest BCUT2D eigenvalue weighted by Gasteiger charge is 2.26. The maximum absolute atomic E-state index is 12.9. The van der Waals surface area contributed by atoms with Crippen LogP contribution in [-0.4, -0.2) is 29.1 Å². The lowest BCUT2D eigenvalue weighted by Crippen LogP contribution is -2.42. The van der Waals surface area contributed by atoms with E-state index in [1.165, 1.54) is 21.9 Å². The Labute approximate surface area is 230 Å². The summed E-state index contributed by atoms with van der Waals surface area (Å²) in [5.41, 5.74) is 3.91. The first-order valence-electron chi connectivity index (χ1n) is 13.9. The van der Waals surface area contributed by atoms with E-state index < -0.39 is 12.0 Å². The lowest BCUT2D eigenvalue weighted by atomic mass is 9.80. The first kappa shape index (κ1) is 26.6. The van der Waals surface area contributed by atoms with Crippen LogP contribution in [0.3, 0.4) is 0 Å². The highest BCUT2D eigenvalue weighted by atomic mass is 16.4. The molecule has 200 valence electrons. The van der Waals surface area contributed by atoms with Gasteiger partial charge in [-0.25, -0.2) is 4.79 Å². The van der Waals surface area contributed by atoms with Crippen LogP contribution in [0.15, 0.2) is 97.1 Å². The molecule has 0 radical (unpaired) electrons. The zero-order chi connectivity index (χ0) is 27.2. The number of carbonyl (C=O) groups excluding carboxylic acids is 1. The van der Waals surface area contributed by atoms with Crippen molar-refractivity contribution in [3.8, 4) is 0 Å². The third-order valence-corrected chi connectivity index (χ3v) is 7.98. The summed E-state index contributed by atoms with van der Waals surface area (Å²) < 4.78 is 0. The van der Waals surface area contributed by atoms with Crippen LogP contribution in [0.5, 0.6) is 0 Å². The van der Waals surface area contributed by atoms with Crippen molar-refractivity contribution in [1.29, 1.82) is 0 Å². The molecule has 0 spiro atoms. The first-order chi connectivity index (χ1) is 19.0. The zero-order valence-electron chi connectivity index (χ0n) is 22.3. The molecule has 4 aromatic rings. The van der Waals surface area contributed by atoms with Crippen LogP contribution in [-0.2, 0) is 11.2 Å². The molecule has 5 heteroatoms. The minimum Gasteiger partial charge on any atom is -0.480 e. The minimum absolute atomic E-state index is 0.244. The Kier molecular flexibility index (Phi) is 8.38. The van der Waals surface area contributed by atoms with Gasteiger partial charge in [0.05, 0.1) is 0 Å². The fraction of sp³-hybridized carbons (Fsp3) is 0.294. The average Bonchev–Trinajstić information content (AvgIpc) is 2.97. The molecular formula is C34H36N2O3. The third-order valence-electron chi connectivity index (χ3n) is 7.98. The molecule has 1 saturated carbocycles. The fourth-order valence-electron chi connectivity index (χ4n) is 5.91. The number of hydrogen-bond donors (Lipinski definition) is 3. The molecule has 4 atom stereocenters. The number of amides is 1. The molecule has 0 bridgehead atoms. The maximum atomic E-state index is 12.9. The summed E-state index contributed by atoms with van der Waals surface area (Å²) in [5, 5.41) is 18.8. The number of carboxylic acid groups (broad SMARTS) is 1. The molecule has 5 nitrogen and oxygen atoms in total. The van der Waals surface area contributed by atoms with Gasteiger partial charge in [0, 0.05) is 24.1 Å². The SMILES string of the molecule is CC(NC1CCCC(c2ccc(C(=O)NC(Cc3ccccc3)C(=O)O)cc2)C1)c1cccc2ccccc12. The molecule has 0 heterocycles. The summed E-state index contributed by atoms with van der Waals surface area (Å²) in [4.78, 5) is 24.6. The van der Waals surface area contributed by atoms with E-state index in [1.54, 1.807) is 0 Å². The van der Waals surface area contributed by atoms with Gasteiger partial charge in [-0.2, -0.15) is 0 Å². The lowest BCUT2D eigenvalue weighted by molar-refractivity contribution is -0.139. The monoisotopic (exact) mass is 520 g/mol. The Morgan fingerprint density at radius 1 is 0.872 bits per heavy atom. The van der Waals surface area contributed by atoms with Gasteiger partial charge < -0.3 is 15.7 Å². The van der Waals surface area contributed by atoms with E-state index in [9.17, 15) is 14.7 Å². The average molecular weight is 521 g/mol. The van der Waals surface area contributed by atoms with Crippen molar-refractivity contribution in [3.63, 3.8) is 0 Å². The second kappa shape index (κ2) is 12.3. The second-order valence-electron chi connectivity index (χ2n) is 10.7. The molecule has 1 fully saturated rings. The largest absolute Gasteiger partial charge is 0.480 e. The van der Waals surface area contributed by atoms with E-state index in [-0.39, 0.29) is 18.4 Å². The number of fused-ring (bicyclic) bond motifs is 1. The van der Waals surface area contributed by atoms with E-state index in [2.05, 4.69) is 60.0 Å². The summed E-state index contributed by atoms with van der Waals surface area (Å²) in [6.45, 7) is 2.25. The molecule has 4 aromatic carbocycles. The molecule has 5 rings (SSSR count). The van der Waals surface area contributed by atoms with Crippen LogP contribution in [0, 0.1) is 0 Å². The standard InChI is InChI=1S/C34H36N2O3/c1-23(30-16-8-12-26-11-5-6-15-31(26)30)35-29-14-7-13-28(22-29)25-17-19-27(20-18-25)33(37)36-32(34(38)39)21-24-9-3-2-4-10-24/h2-6,8-12,15-20,23,28-29,32,35H,7,13-14,21-22H2,1H3,(H,36,37)(H,38,39). The van der Waals surface area contributed by atoms with Gasteiger partial charge in [0.1, 0.15) is 6.04 Å². The summed E-state index contributed by atoms with van der Waals surface area (Å²) in [7, 11) is 0. The van der Waals surface area contributed by atoms with Crippen molar-refractivity contribution in [2.24, 2.45) is 0 Å². The molecule has 39 heavy (non-hydrogen) atoms. The van der Waals surface area contributed by atoms with Crippen molar-refractivity contribution < 1.29 is 14.7 Å². The van der Waals surface area contributed by atoms with Gasteiger partial charge >= 0.3 is 5.97 Å². The van der Waals surface area contributed by atoms with E-state index in [1.807, 2.05) is 54.6 Å². The Morgan fingerprint density at radius 2 is 1.59 bits per heavy atom. The molecule has 1 aliphatic carbocycles. The Bertz CT molecular complexity index is 1410. The Balaban J connectivity index is 1.20. The van der Waals surface area contributed by atoms with Crippen LogP contribution in [0.4, 0.5) is 0 Å². The number of carboxylic acids is 1. The summed E-state index contributed by atoms with van der Waals surface area (Å²) in [6, 6.07) is 31.8. The molecule has 3 N–H and O–H groups in total. The van der Waals surface area contributed by atoms with Gasteiger partial charge in [-0.3, -0.25) is 4.79 Å². The van der Waals surface area contributed by atoms with Crippen LogP contribution in [0.2, 0.25) is 0 Å². The lowest BCUT2D eigenvalue weighted by Gasteiger charge is -2.32. The fourth-order valence-corrected chi connectivity index (χ4v) is 5.91. The van der Waals surface area contributed by atoms with Gasteiger partial charge in [-0.05, 0) is 71.7 Å². The van der Waals surface area contributed by atoms with Crippen molar-refractivity contribution >= 4 is 22.6 Å². The quantitative estimate of drug-likeness (QED) is 0.231. The molecule has 1 amide bonds. The number of carbonyl (C=O) groups is 2. The topological polar surface area (TPSA) is 78.4 Å². The van der Waals surface area contributed by atoms with Crippen LogP contribution >= 0.6 is 0 Å². The van der Waals surface area contributed by atoms with Crippen LogP contribution < -0.4 is 10.6 Å². The summed E-state index contributed by atoms with van der Waals surface area (Å²) in [5.74, 6) is -0.975. The van der Waals surface area contributed by atoms with Crippen molar-refractivity contribution in [2.75, 3.05) is 0 Å². The van der Waals surface area contributed by atoms with E-state index >= 15 is 0 Å². The Hall–Kier alpha value is -3.96. The molecule has 0 aliphatic heterocycles. The second-order valence-corrected chi connectivity index (χ2v) is 10.7. The van der Waals surface area contributed by atoms with Crippen LogP contribution in [0.1, 0.15) is 71.6 Å². The van der Waals surface area contributed by atoms with Gasteiger partial charge in [0.25, 0.3) is 5.91 Å². The number of hydrogen-bond acceptors (Lipinski definition) is 3. The maximum Gasteiger partial charge on any atom is 0.326 e. The predicted molar refractivity (Wildman–Crippen MR) is 156 cm³/mol. The van der Waals surface area contributed by atoms with Gasteiger partial charge in [0.2, 0.25) is 0 Å². The summed E-state index contributed by atoms with van der Waals surface area (Å²) >= 11 is 0. The predicted octanol–water partition coefficient (Wildman–Crippen LogP) is 6.64. The Morgan fingerprint density at radius 3 is 2.36 bits per heavy atom. The molecule has 0 aromatic heterocycles. The molecule has 0 saturated heterocycles. The van der Waals surface area contributed by atoms with Crippen molar-refractivity contribution in [2.45, 2.75) is 63.1 Å². The van der Waals surface area contributed by atoms with E-state index in [0.717, 1.165) is 31.2 Å². The van der Waals surface area contributed by atoms with Crippen molar-refractivity contribution in [3.05, 3.63) is 119 Å². The normalized spacial score (nSPS) is 18.8. The zero-order valence-corrected chi connectivity index (χ0v) is 22.3. The highest BCUT2D eigenvalue weighted by molar-refractivity contribution is 5.96. The van der Waals surface area contributed by atoms with Gasteiger partial charge in [-0.15, -0.1) is 0 Å². The molecule has 4 unspecified atom stereocenters. The van der Waals surface area contributed by atoms with Crippen LogP contribution in [0.25, 0.3) is 10.8 Å². The number of aliphatic carboxylic acids is 1. The first-order valence-corrected chi connectivity index (χ1v) is 13.9. The van der Waals surface area contributed by atoms with Gasteiger partial charge in [0.15, 0.2) is 0 Å². The number of rotatable bonds is 9. The number of nitrogens with one attached hydrogen (secondary N) is 2. The van der Waals surface area contributed by atoms with E-state index in [4.69, 9.17) is 0 Å².